The van der Waals surface area contributed by atoms with Gasteiger partial charge in [0.05, 0.1) is 46.5 Å². The first-order chi connectivity index (χ1) is 15.5. The van der Waals surface area contributed by atoms with Crippen molar-refractivity contribution < 1.29 is 23.7 Å². The third-order valence-electron chi connectivity index (χ3n) is 5.19. The van der Waals surface area contributed by atoms with Crippen molar-refractivity contribution in [2.75, 3.05) is 54.6 Å². The summed E-state index contributed by atoms with van der Waals surface area (Å²) in [5.74, 6) is 0.774. The van der Waals surface area contributed by atoms with Gasteiger partial charge in [0.15, 0.2) is 11.5 Å². The van der Waals surface area contributed by atoms with Gasteiger partial charge in [0.25, 0.3) is 5.91 Å². The van der Waals surface area contributed by atoms with Crippen LogP contribution in [0, 0.1) is 0 Å². The Morgan fingerprint density at radius 1 is 1.06 bits per heavy atom. The summed E-state index contributed by atoms with van der Waals surface area (Å²) in [6, 6.07) is 3.51. The van der Waals surface area contributed by atoms with E-state index in [-0.39, 0.29) is 5.91 Å². The molecule has 0 saturated carbocycles. The van der Waals surface area contributed by atoms with Crippen LogP contribution in [-0.4, -0.2) is 65.4 Å². The van der Waals surface area contributed by atoms with E-state index in [2.05, 4.69) is 26.1 Å². The molecule has 8 heteroatoms. The molecule has 0 bridgehead atoms. The van der Waals surface area contributed by atoms with E-state index < -0.39 is 0 Å². The third-order valence-corrected chi connectivity index (χ3v) is 5.65. The van der Waals surface area contributed by atoms with Crippen molar-refractivity contribution in [1.82, 2.24) is 10.2 Å². The minimum atomic E-state index is -0.177. The van der Waals surface area contributed by atoms with Gasteiger partial charge in [-0.15, -0.1) is 0 Å². The zero-order chi connectivity index (χ0) is 23.3. The van der Waals surface area contributed by atoms with Crippen LogP contribution in [0.25, 0.3) is 0 Å². The Kier molecular flexibility index (Phi) is 11.2. The topological polar surface area (TPSA) is 69.3 Å². The van der Waals surface area contributed by atoms with Gasteiger partial charge in [-0.2, -0.15) is 0 Å². The molecule has 0 aromatic heterocycles. The molecule has 0 unspecified atom stereocenters. The average Bonchev–Trinajstić information content (AvgIpc) is 2.80. The first-order valence-electron chi connectivity index (χ1n) is 10.6. The van der Waals surface area contributed by atoms with Crippen LogP contribution in [0.3, 0.4) is 0 Å². The molecule has 2 rings (SSSR count). The van der Waals surface area contributed by atoms with Crippen LogP contribution in [0.2, 0.25) is 0 Å². The Labute approximate surface area is 199 Å². The number of unbranched alkanes of at least 4 members (excludes halogenated alkanes) is 1. The molecule has 32 heavy (non-hydrogen) atoms. The zero-order valence-electron chi connectivity index (χ0n) is 19.3. The molecule has 0 aliphatic carbocycles. The number of halogens is 1. The number of ether oxygens (including phenoxy) is 4. The van der Waals surface area contributed by atoms with Crippen molar-refractivity contribution in [1.29, 1.82) is 0 Å². The molecule has 7 nitrogen and oxygen atoms in total. The molecule has 176 valence electrons. The van der Waals surface area contributed by atoms with E-state index in [1.165, 1.54) is 18.3 Å². The van der Waals surface area contributed by atoms with Crippen LogP contribution in [0.1, 0.15) is 29.6 Å². The van der Waals surface area contributed by atoms with Gasteiger partial charge in [-0.1, -0.05) is 15.9 Å². The van der Waals surface area contributed by atoms with E-state index >= 15 is 0 Å². The summed E-state index contributed by atoms with van der Waals surface area (Å²) in [6.45, 7) is 3.42. The number of nitrogens with one attached hydrogen (secondary N) is 1. The minimum Gasteiger partial charge on any atom is -0.504 e. The van der Waals surface area contributed by atoms with E-state index in [9.17, 15) is 4.79 Å². The highest BCUT2D eigenvalue weighted by Gasteiger charge is 2.18. The molecule has 1 N–H and O–H groups in total. The standard InChI is InChI=1S/C24H33BrN2O5/c1-29-13-8-18-7-12-27(17-19(18)9-14-30-2)11-6-5-10-26-24(28)21-15-20(25)16-22(31-3)23(21)32-4/h8-9,13-16H,5-7,10-12,17H2,1-4H3,(H,26,28)/b13-8-,14-9-. The van der Waals surface area contributed by atoms with Gasteiger partial charge in [-0.3, -0.25) is 9.69 Å². The highest BCUT2D eigenvalue weighted by atomic mass is 79.9. The SMILES string of the molecule is CO/C=C\C1=C(/C=C\OC)CN(CCCCNC(=O)c2cc(Br)cc(OC)c2OC)CC1. The number of rotatable bonds is 12. The lowest BCUT2D eigenvalue weighted by Gasteiger charge is -2.29. The number of methoxy groups -OCH3 is 4. The Hall–Kier alpha value is -2.45. The highest BCUT2D eigenvalue weighted by molar-refractivity contribution is 9.10. The van der Waals surface area contributed by atoms with Gasteiger partial charge in [0.2, 0.25) is 0 Å². The second-order valence-electron chi connectivity index (χ2n) is 7.31. The summed E-state index contributed by atoms with van der Waals surface area (Å²) in [4.78, 5) is 15.1. The lowest BCUT2D eigenvalue weighted by molar-refractivity contribution is 0.0948. The molecule has 0 atom stereocenters. The second-order valence-corrected chi connectivity index (χ2v) is 8.22. The van der Waals surface area contributed by atoms with E-state index in [0.717, 1.165) is 43.4 Å². The number of carbonyl (C=O) groups is 1. The average molecular weight is 509 g/mol. The lowest BCUT2D eigenvalue weighted by Crippen LogP contribution is -2.32. The molecular weight excluding hydrogens is 476 g/mol. The second kappa shape index (κ2) is 13.9. The van der Waals surface area contributed by atoms with Gasteiger partial charge < -0.3 is 24.3 Å². The monoisotopic (exact) mass is 508 g/mol. The third kappa shape index (κ3) is 7.60. The Morgan fingerprint density at radius 3 is 2.44 bits per heavy atom. The Bertz CT molecular complexity index is 851. The van der Waals surface area contributed by atoms with Crippen LogP contribution < -0.4 is 14.8 Å². The number of benzene rings is 1. The van der Waals surface area contributed by atoms with Crippen LogP contribution in [0.4, 0.5) is 0 Å². The normalized spacial score (nSPS) is 14.8. The smallest absolute Gasteiger partial charge is 0.255 e. The van der Waals surface area contributed by atoms with Crippen molar-refractivity contribution in [3.8, 4) is 11.5 Å². The van der Waals surface area contributed by atoms with Crippen LogP contribution in [0.15, 0.2) is 52.4 Å². The zero-order valence-corrected chi connectivity index (χ0v) is 20.9. The fourth-order valence-electron chi connectivity index (χ4n) is 3.56. The van der Waals surface area contributed by atoms with Gasteiger partial charge in [0.1, 0.15) is 0 Å². The highest BCUT2D eigenvalue weighted by Crippen LogP contribution is 2.34. The fraction of sp³-hybridized carbons (Fsp3) is 0.458. The van der Waals surface area contributed by atoms with Crippen molar-refractivity contribution in [2.24, 2.45) is 0 Å². The predicted molar refractivity (Wildman–Crippen MR) is 129 cm³/mol. The minimum absolute atomic E-state index is 0.177. The summed E-state index contributed by atoms with van der Waals surface area (Å²) >= 11 is 3.41. The number of amides is 1. The molecule has 0 fully saturated rings. The number of nitrogens with zero attached hydrogens (tertiary/aromatic N) is 1. The molecule has 0 spiro atoms. The number of allylic oxidation sites excluding steroid dienone is 1. The molecule has 0 saturated heterocycles. The van der Waals surface area contributed by atoms with Gasteiger partial charge in [-0.05, 0) is 61.2 Å². The van der Waals surface area contributed by atoms with Crippen LogP contribution in [-0.2, 0) is 9.47 Å². The molecule has 1 aliphatic heterocycles. The molecule has 1 aliphatic rings. The van der Waals surface area contributed by atoms with Gasteiger partial charge in [0, 0.05) is 24.1 Å². The lowest BCUT2D eigenvalue weighted by atomic mass is 9.99. The molecule has 1 aromatic rings. The maximum absolute atomic E-state index is 12.7. The summed E-state index contributed by atoms with van der Waals surface area (Å²) < 4.78 is 21.6. The fourth-order valence-corrected chi connectivity index (χ4v) is 4.00. The largest absolute Gasteiger partial charge is 0.504 e. The quantitative estimate of drug-likeness (QED) is 0.335. The summed E-state index contributed by atoms with van der Waals surface area (Å²) in [6.07, 6.45) is 10.3. The van der Waals surface area contributed by atoms with Crippen LogP contribution in [0.5, 0.6) is 11.5 Å². The van der Waals surface area contributed by atoms with Gasteiger partial charge >= 0.3 is 0 Å². The summed E-state index contributed by atoms with van der Waals surface area (Å²) in [5, 5.41) is 2.98. The van der Waals surface area contributed by atoms with E-state index in [1.807, 2.05) is 12.2 Å². The van der Waals surface area contributed by atoms with Gasteiger partial charge in [-0.25, -0.2) is 0 Å². The number of hydrogen-bond acceptors (Lipinski definition) is 6. The molecule has 1 amide bonds. The van der Waals surface area contributed by atoms with Crippen LogP contribution >= 0.6 is 15.9 Å². The van der Waals surface area contributed by atoms with E-state index in [1.54, 1.807) is 46.0 Å². The van der Waals surface area contributed by atoms with Crippen molar-refractivity contribution >= 4 is 21.8 Å². The van der Waals surface area contributed by atoms with Crippen molar-refractivity contribution in [3.63, 3.8) is 0 Å². The molecular formula is C24H33BrN2O5. The molecule has 0 radical (unpaired) electrons. The number of hydrogen-bond donors (Lipinski definition) is 1. The Balaban J connectivity index is 1.84. The summed E-state index contributed by atoms with van der Waals surface area (Å²) in [5.41, 5.74) is 2.95. The first-order valence-corrected chi connectivity index (χ1v) is 11.4. The van der Waals surface area contributed by atoms with E-state index in [0.29, 0.717) is 23.6 Å². The molecule has 1 heterocycles. The first kappa shape index (κ1) is 25.8. The Morgan fingerprint density at radius 2 is 1.78 bits per heavy atom. The maximum atomic E-state index is 12.7. The van der Waals surface area contributed by atoms with E-state index in [4.69, 9.17) is 18.9 Å². The van der Waals surface area contributed by atoms with Crippen molar-refractivity contribution in [3.05, 3.63) is 58.0 Å². The predicted octanol–water partition coefficient (Wildman–Crippen LogP) is 4.30. The van der Waals surface area contributed by atoms with Crippen molar-refractivity contribution in [2.45, 2.75) is 19.3 Å². The molecule has 1 aromatic carbocycles. The maximum Gasteiger partial charge on any atom is 0.255 e. The number of carbonyl (C=O) groups excluding carboxylic acids is 1. The summed E-state index contributed by atoms with van der Waals surface area (Å²) in [7, 11) is 6.38.